The number of anilines is 1. The summed E-state index contributed by atoms with van der Waals surface area (Å²) in [6.45, 7) is 5.52. The summed E-state index contributed by atoms with van der Waals surface area (Å²) in [5.41, 5.74) is 5.40. The van der Waals surface area contributed by atoms with Gasteiger partial charge in [-0.2, -0.15) is 15.1 Å². The lowest BCUT2D eigenvalue weighted by Gasteiger charge is -2.44. The third kappa shape index (κ3) is 5.93. The fourth-order valence-corrected chi connectivity index (χ4v) is 6.28. The van der Waals surface area contributed by atoms with Gasteiger partial charge in [0.1, 0.15) is 29.6 Å². The highest BCUT2D eigenvalue weighted by Gasteiger charge is 2.62. The lowest BCUT2D eigenvalue weighted by Crippen LogP contribution is -2.56. The van der Waals surface area contributed by atoms with E-state index >= 15 is 0 Å². The summed E-state index contributed by atoms with van der Waals surface area (Å²) in [4.78, 5) is 25.2. The Kier molecular flexibility index (Phi) is 8.69. The number of carbonyl (C=O) groups excluding carboxylic acids is 1. The van der Waals surface area contributed by atoms with Gasteiger partial charge in [0.2, 0.25) is 11.8 Å². The van der Waals surface area contributed by atoms with Crippen LogP contribution in [0.15, 0.2) is 36.7 Å². The van der Waals surface area contributed by atoms with Gasteiger partial charge in [-0.25, -0.2) is 9.55 Å². The van der Waals surface area contributed by atoms with Gasteiger partial charge in [0.25, 0.3) is 0 Å². The number of nitrogen functional groups attached to an aromatic ring is 1. The number of para-hydroxylation sites is 1. The molecule has 2 aliphatic heterocycles. The average molecular weight is 607 g/mol. The van der Waals surface area contributed by atoms with E-state index in [1.54, 1.807) is 34.9 Å². The first-order valence-corrected chi connectivity index (χ1v) is 15.0. The van der Waals surface area contributed by atoms with Crippen LogP contribution in [-0.2, 0) is 28.1 Å². The van der Waals surface area contributed by atoms with Crippen LogP contribution in [0.3, 0.4) is 0 Å². The van der Waals surface area contributed by atoms with E-state index in [4.69, 9.17) is 33.7 Å². The third-order valence-corrected chi connectivity index (χ3v) is 8.58. The van der Waals surface area contributed by atoms with E-state index in [9.17, 15) is 14.5 Å². The molecule has 0 aliphatic carbocycles. The van der Waals surface area contributed by atoms with Crippen molar-refractivity contribution in [1.82, 2.24) is 24.6 Å². The normalized spacial score (nSPS) is 25.7. The zero-order valence-electron chi connectivity index (χ0n) is 23.7. The smallest absolute Gasteiger partial charge is 0.459 e. The second-order valence-electron chi connectivity index (χ2n) is 10.5. The molecule has 15 nitrogen and oxygen atoms in total. The molecule has 4 heterocycles. The molecule has 0 saturated carbocycles. The zero-order valence-corrected chi connectivity index (χ0v) is 24.6. The van der Waals surface area contributed by atoms with Gasteiger partial charge >= 0.3 is 13.7 Å². The molecule has 1 aromatic carbocycles. The highest BCUT2D eigenvalue weighted by molar-refractivity contribution is 7.52. The second-order valence-corrected chi connectivity index (χ2v) is 12.2. The van der Waals surface area contributed by atoms with Gasteiger partial charge in [-0.3, -0.25) is 13.9 Å². The minimum Gasteiger partial charge on any atom is -0.479 e. The number of nitrogens with zero attached hydrogens (tertiary/aromatic N) is 4. The fraction of sp³-hybridized carbons (Fsp3) is 0.538. The highest BCUT2D eigenvalue weighted by Crippen LogP contribution is 2.51. The Morgan fingerprint density at radius 3 is 2.67 bits per heavy atom. The van der Waals surface area contributed by atoms with Crippen LogP contribution in [0.1, 0.15) is 33.4 Å². The summed E-state index contributed by atoms with van der Waals surface area (Å²) in [6.07, 6.45) is -1.14. The quantitative estimate of drug-likeness (QED) is 0.201. The number of methoxy groups -OCH3 is 1. The summed E-state index contributed by atoms with van der Waals surface area (Å²) in [5.74, 6) is -0.0985. The van der Waals surface area contributed by atoms with Gasteiger partial charge < -0.3 is 34.3 Å². The zero-order chi connectivity index (χ0) is 30.1. The number of aliphatic hydroxyl groups excluding tert-OH is 1. The molecule has 0 bridgehead atoms. The number of esters is 1. The molecule has 2 aliphatic rings. The molecule has 1 spiro atoms. The lowest BCUT2D eigenvalue weighted by atomic mass is 9.86. The minimum absolute atomic E-state index is 0.0331. The third-order valence-electron chi connectivity index (χ3n) is 6.93. The summed E-state index contributed by atoms with van der Waals surface area (Å²) in [5, 5.41) is 14.0. The maximum absolute atomic E-state index is 13.9. The Labute approximate surface area is 242 Å². The van der Waals surface area contributed by atoms with Crippen molar-refractivity contribution in [3.05, 3.63) is 36.7 Å². The highest BCUT2D eigenvalue weighted by atomic mass is 31.2. The Morgan fingerprint density at radius 1 is 1.29 bits per heavy atom. The van der Waals surface area contributed by atoms with Crippen molar-refractivity contribution in [2.24, 2.45) is 5.92 Å². The molecular weight excluding hydrogens is 571 g/mol. The molecule has 42 heavy (non-hydrogen) atoms. The standard InChI is InChI=1S/C26H35N6O9P/c1-15(2)12-37-23(34)16(3)31-42(35,41-17-8-6-5-7-9-17)39-13-18-20(33)26(10-11-38-26)24(40-18)32-14-28-19-21(32)29-25(27)30-22(19)36-4/h5-9,14-16,18,20,24,33H,10-13H2,1-4H3,(H,31,35)(H2,27,29,30)/t16-,18+,20+,24+,26+,42-/m0/s1. The number of hydrogen-bond donors (Lipinski definition) is 3. The molecule has 0 unspecified atom stereocenters. The summed E-state index contributed by atoms with van der Waals surface area (Å²) >= 11 is 0. The van der Waals surface area contributed by atoms with Gasteiger partial charge in [-0.1, -0.05) is 32.0 Å². The summed E-state index contributed by atoms with van der Waals surface area (Å²) < 4.78 is 49.7. The number of carbonyl (C=O) groups is 1. The molecule has 0 radical (unpaired) electrons. The van der Waals surface area contributed by atoms with Crippen molar-refractivity contribution < 1.29 is 42.5 Å². The number of aliphatic hydroxyl groups is 1. The molecule has 2 aromatic heterocycles. The van der Waals surface area contributed by atoms with Crippen molar-refractivity contribution in [2.45, 2.75) is 57.3 Å². The topological polar surface area (TPSA) is 191 Å². The Morgan fingerprint density at radius 2 is 2.02 bits per heavy atom. The van der Waals surface area contributed by atoms with Crippen LogP contribution in [-0.4, -0.2) is 81.4 Å². The van der Waals surface area contributed by atoms with Crippen LogP contribution in [0.25, 0.3) is 11.2 Å². The van der Waals surface area contributed by atoms with Crippen LogP contribution in [0.4, 0.5) is 5.95 Å². The largest absolute Gasteiger partial charge is 0.479 e. The van der Waals surface area contributed by atoms with E-state index in [1.165, 1.54) is 20.4 Å². The molecular formula is C26H35N6O9P. The predicted molar refractivity (Wildman–Crippen MR) is 149 cm³/mol. The minimum atomic E-state index is -4.20. The maximum atomic E-state index is 13.9. The molecule has 16 heteroatoms. The first-order chi connectivity index (χ1) is 20.0. The number of hydrogen-bond acceptors (Lipinski definition) is 13. The number of nitrogens with two attached hydrogens (primary N) is 1. The first-order valence-electron chi connectivity index (χ1n) is 13.5. The molecule has 4 N–H and O–H groups in total. The average Bonchev–Trinajstić information content (AvgIpc) is 3.48. The SMILES string of the molecule is COc1nc(N)nc2c1ncn2[C@@H]1O[C@H](CO[P@@](=O)(N[C@@H](C)C(=O)OCC(C)C)Oc2ccccc2)[C@@H](O)[C@]12CCO2. The van der Waals surface area contributed by atoms with E-state index < -0.39 is 43.8 Å². The fourth-order valence-electron chi connectivity index (χ4n) is 4.78. The molecule has 3 aromatic rings. The number of rotatable bonds is 12. The molecule has 2 fully saturated rings. The van der Waals surface area contributed by atoms with Crippen molar-refractivity contribution in [1.29, 1.82) is 0 Å². The van der Waals surface area contributed by atoms with E-state index in [0.717, 1.165) is 0 Å². The Bertz CT molecular complexity index is 1450. The number of imidazole rings is 1. The van der Waals surface area contributed by atoms with E-state index in [0.29, 0.717) is 24.2 Å². The van der Waals surface area contributed by atoms with Crippen LogP contribution < -0.4 is 20.1 Å². The second kappa shape index (κ2) is 12.1. The summed E-state index contributed by atoms with van der Waals surface area (Å²) in [7, 11) is -2.76. The van der Waals surface area contributed by atoms with Crippen LogP contribution in [0, 0.1) is 5.92 Å². The monoisotopic (exact) mass is 606 g/mol. The molecule has 228 valence electrons. The van der Waals surface area contributed by atoms with Gasteiger partial charge in [0.15, 0.2) is 17.4 Å². The first kappa shape index (κ1) is 30.1. The Balaban J connectivity index is 1.37. The molecule has 6 atom stereocenters. The Hall–Kier alpha value is -3.33. The number of ether oxygens (including phenoxy) is 4. The number of benzene rings is 1. The molecule has 0 amide bonds. The lowest BCUT2D eigenvalue weighted by molar-refractivity contribution is -0.225. The summed E-state index contributed by atoms with van der Waals surface area (Å²) in [6, 6.07) is 7.34. The van der Waals surface area contributed by atoms with Crippen molar-refractivity contribution in [3.63, 3.8) is 0 Å². The van der Waals surface area contributed by atoms with E-state index in [1.807, 2.05) is 13.8 Å². The van der Waals surface area contributed by atoms with Gasteiger partial charge in [-0.05, 0) is 25.0 Å². The number of fused-ring (bicyclic) bond motifs is 1. The molecule has 5 rings (SSSR count). The predicted octanol–water partition coefficient (Wildman–Crippen LogP) is 2.22. The van der Waals surface area contributed by atoms with Crippen LogP contribution in [0.5, 0.6) is 11.6 Å². The van der Waals surface area contributed by atoms with Crippen LogP contribution >= 0.6 is 7.75 Å². The van der Waals surface area contributed by atoms with Crippen molar-refractivity contribution in [2.75, 3.05) is 32.7 Å². The number of aromatic nitrogens is 4. The van der Waals surface area contributed by atoms with Gasteiger partial charge in [0, 0.05) is 6.42 Å². The number of nitrogens with one attached hydrogen (secondary N) is 1. The van der Waals surface area contributed by atoms with Crippen molar-refractivity contribution >= 4 is 30.8 Å². The van der Waals surface area contributed by atoms with Crippen LogP contribution in [0.2, 0.25) is 0 Å². The van der Waals surface area contributed by atoms with E-state index in [2.05, 4.69) is 20.0 Å². The van der Waals surface area contributed by atoms with Gasteiger partial charge in [-0.15, -0.1) is 0 Å². The van der Waals surface area contributed by atoms with E-state index in [-0.39, 0.29) is 36.7 Å². The van der Waals surface area contributed by atoms with Crippen molar-refractivity contribution in [3.8, 4) is 11.6 Å². The maximum Gasteiger partial charge on any atom is 0.459 e. The molecule has 2 saturated heterocycles. The van der Waals surface area contributed by atoms with Gasteiger partial charge in [0.05, 0.1) is 33.3 Å².